The SMILES string of the molecule is B[C@@H]1O[C@]2(COC(c3ccccc3)(c3ccc(OC)cc3)c3ccc(OC)cc3)CO[C@H]1C2O[C@H]1O[C@H](c2ccccc2)[C@@H]2CCCN12. The summed E-state index contributed by atoms with van der Waals surface area (Å²) in [7, 11) is 5.41. The normalized spacial score (nSPS) is 29.6. The first-order valence-corrected chi connectivity index (χ1v) is 16.9. The fourth-order valence-corrected chi connectivity index (χ4v) is 8.17. The van der Waals surface area contributed by atoms with Crippen LogP contribution in [0.25, 0.3) is 0 Å². The molecule has 0 spiro atoms. The Balaban J connectivity index is 1.15. The average molecular weight is 648 g/mol. The zero-order valence-corrected chi connectivity index (χ0v) is 27.7. The lowest BCUT2D eigenvalue weighted by Crippen LogP contribution is -2.51. The maximum Gasteiger partial charge on any atom is 0.220 e. The number of hydrogen-bond donors (Lipinski definition) is 0. The van der Waals surface area contributed by atoms with Crippen LogP contribution in [0.5, 0.6) is 11.5 Å². The van der Waals surface area contributed by atoms with Gasteiger partial charge in [-0.2, -0.15) is 0 Å². The molecule has 8 rings (SSSR count). The van der Waals surface area contributed by atoms with Gasteiger partial charge in [-0.05, 0) is 59.4 Å². The summed E-state index contributed by atoms with van der Waals surface area (Å²) in [5.74, 6) is 1.54. The Morgan fingerprint density at radius 3 is 2.02 bits per heavy atom. The Bertz CT molecular complexity index is 1630. The number of ether oxygens (including phenoxy) is 7. The van der Waals surface area contributed by atoms with Crippen LogP contribution >= 0.6 is 0 Å². The van der Waals surface area contributed by atoms with Gasteiger partial charge in [-0.25, -0.2) is 4.90 Å². The van der Waals surface area contributed by atoms with Crippen LogP contribution in [0, 0.1) is 0 Å². The molecular formula is C39H42BNO7. The summed E-state index contributed by atoms with van der Waals surface area (Å²) in [4.78, 5) is 2.37. The molecule has 4 heterocycles. The van der Waals surface area contributed by atoms with E-state index >= 15 is 0 Å². The fourth-order valence-electron chi connectivity index (χ4n) is 8.17. The first kappa shape index (κ1) is 31.6. The van der Waals surface area contributed by atoms with Crippen LogP contribution in [0.2, 0.25) is 0 Å². The van der Waals surface area contributed by atoms with Gasteiger partial charge in [0, 0.05) is 12.6 Å². The van der Waals surface area contributed by atoms with Crippen molar-refractivity contribution in [1.82, 2.24) is 4.90 Å². The van der Waals surface area contributed by atoms with E-state index in [0.717, 1.165) is 47.6 Å². The molecule has 4 fully saturated rings. The molecule has 0 amide bonds. The van der Waals surface area contributed by atoms with Gasteiger partial charge in [0.05, 0.1) is 33.4 Å². The zero-order valence-electron chi connectivity index (χ0n) is 27.7. The summed E-state index contributed by atoms with van der Waals surface area (Å²) in [6, 6.07) is 37.1. The summed E-state index contributed by atoms with van der Waals surface area (Å²) < 4.78 is 45.3. The molecular weight excluding hydrogens is 605 g/mol. The van der Waals surface area contributed by atoms with Gasteiger partial charge in [0.2, 0.25) is 6.41 Å². The Morgan fingerprint density at radius 2 is 1.42 bits per heavy atom. The van der Waals surface area contributed by atoms with Gasteiger partial charge < -0.3 is 33.2 Å². The smallest absolute Gasteiger partial charge is 0.220 e. The van der Waals surface area contributed by atoms with Gasteiger partial charge in [0.1, 0.15) is 48.9 Å². The molecule has 4 aliphatic rings. The molecule has 1 unspecified atom stereocenters. The number of nitrogens with zero attached hydrogens (tertiary/aromatic N) is 1. The zero-order chi connectivity index (χ0) is 32.7. The predicted octanol–water partition coefficient (Wildman–Crippen LogP) is 5.04. The minimum atomic E-state index is -0.991. The van der Waals surface area contributed by atoms with Crippen molar-refractivity contribution >= 4 is 7.85 Å². The van der Waals surface area contributed by atoms with Gasteiger partial charge in [-0.3, -0.25) is 0 Å². The number of benzene rings is 4. The molecule has 4 aliphatic heterocycles. The van der Waals surface area contributed by atoms with Crippen LogP contribution in [0.4, 0.5) is 0 Å². The summed E-state index contributed by atoms with van der Waals surface area (Å²) >= 11 is 0. The highest BCUT2D eigenvalue weighted by atomic mass is 16.7. The van der Waals surface area contributed by atoms with Crippen molar-refractivity contribution < 1.29 is 33.2 Å². The molecule has 4 aromatic carbocycles. The third-order valence-electron chi connectivity index (χ3n) is 10.5. The number of hydrogen-bond acceptors (Lipinski definition) is 8. The van der Waals surface area contributed by atoms with Crippen LogP contribution in [0.15, 0.2) is 109 Å². The van der Waals surface area contributed by atoms with Crippen LogP contribution in [-0.4, -0.2) is 83.0 Å². The molecule has 0 aliphatic carbocycles. The summed E-state index contributed by atoms with van der Waals surface area (Å²) in [5, 5.41) is 0. The summed E-state index contributed by atoms with van der Waals surface area (Å²) in [6.07, 6.45) is 1.05. The Morgan fingerprint density at radius 1 is 0.812 bits per heavy atom. The lowest BCUT2D eigenvalue weighted by atomic mass is 9.79. The van der Waals surface area contributed by atoms with E-state index in [2.05, 4.69) is 73.4 Å². The number of methoxy groups -OCH3 is 2. The minimum Gasteiger partial charge on any atom is -0.497 e. The van der Waals surface area contributed by atoms with Crippen LogP contribution in [-0.2, 0) is 29.3 Å². The van der Waals surface area contributed by atoms with Crippen molar-refractivity contribution in [3.05, 3.63) is 131 Å². The molecule has 8 nitrogen and oxygen atoms in total. The van der Waals surface area contributed by atoms with Crippen LogP contribution in [0.3, 0.4) is 0 Å². The van der Waals surface area contributed by atoms with Crippen molar-refractivity contribution in [1.29, 1.82) is 0 Å². The molecule has 0 aromatic heterocycles. The third-order valence-corrected chi connectivity index (χ3v) is 10.5. The summed E-state index contributed by atoms with van der Waals surface area (Å²) in [5.41, 5.74) is 2.25. The standard InChI is InChI=1S/C39H42BNO7/c1-42-30-19-15-28(16-20-30)39(27-12-7-4-8-13-27,29-17-21-31(43-2)22-18-29)45-25-38-24-44-34(36(40)48-38)35(38)47-37-41-23-9-14-32(41)33(46-37)26-10-5-3-6-11-26/h3-8,10-13,15-22,32-37H,9,14,23-25,40H2,1-2H3/t32-,33+,34-,35?,36+,37+,38-/m0/s1. The quantitative estimate of drug-likeness (QED) is 0.166. The highest BCUT2D eigenvalue weighted by Gasteiger charge is 2.63. The fraction of sp³-hybridized carbons (Fsp3) is 0.385. The molecule has 0 N–H and O–H groups in total. The second-order valence-electron chi connectivity index (χ2n) is 13.2. The molecule has 4 aromatic rings. The first-order chi connectivity index (χ1) is 23.5. The van der Waals surface area contributed by atoms with Crippen molar-refractivity contribution in [2.24, 2.45) is 0 Å². The number of fused-ring (bicyclic) bond motifs is 3. The number of rotatable bonds is 11. The topological polar surface area (TPSA) is 67.9 Å². The van der Waals surface area contributed by atoms with Gasteiger partial charge in [-0.1, -0.05) is 84.9 Å². The molecule has 0 radical (unpaired) electrons. The molecule has 7 atom stereocenters. The third kappa shape index (κ3) is 5.34. The molecule has 0 saturated carbocycles. The summed E-state index contributed by atoms with van der Waals surface area (Å²) in [6.45, 7) is 1.52. The van der Waals surface area contributed by atoms with Crippen molar-refractivity contribution in [3.63, 3.8) is 0 Å². The Kier molecular flexibility index (Phi) is 8.53. The van der Waals surface area contributed by atoms with Gasteiger partial charge >= 0.3 is 0 Å². The monoisotopic (exact) mass is 647 g/mol. The van der Waals surface area contributed by atoms with E-state index in [4.69, 9.17) is 33.2 Å². The first-order valence-electron chi connectivity index (χ1n) is 16.9. The second kappa shape index (κ2) is 13.0. The van der Waals surface area contributed by atoms with Crippen molar-refractivity contribution in [2.45, 2.75) is 60.8 Å². The minimum absolute atomic E-state index is 0.0416. The predicted molar refractivity (Wildman–Crippen MR) is 183 cm³/mol. The maximum absolute atomic E-state index is 7.34. The highest BCUT2D eigenvalue weighted by molar-refractivity contribution is 6.11. The molecule has 4 saturated heterocycles. The van der Waals surface area contributed by atoms with E-state index in [0.29, 0.717) is 6.61 Å². The van der Waals surface area contributed by atoms with Crippen LogP contribution in [0.1, 0.15) is 41.2 Å². The molecule has 248 valence electrons. The van der Waals surface area contributed by atoms with E-state index in [1.165, 1.54) is 5.56 Å². The molecule has 48 heavy (non-hydrogen) atoms. The second-order valence-corrected chi connectivity index (χ2v) is 13.2. The van der Waals surface area contributed by atoms with Gasteiger partial charge in [0.25, 0.3) is 0 Å². The van der Waals surface area contributed by atoms with Crippen molar-refractivity contribution in [2.75, 3.05) is 34.0 Å². The molecule has 9 heteroatoms. The maximum atomic E-state index is 7.34. The van der Waals surface area contributed by atoms with Gasteiger partial charge in [0.15, 0.2) is 0 Å². The average Bonchev–Trinajstić information content (AvgIpc) is 3.90. The van der Waals surface area contributed by atoms with Crippen molar-refractivity contribution in [3.8, 4) is 11.5 Å². The van der Waals surface area contributed by atoms with E-state index < -0.39 is 17.6 Å². The Hall–Kier alpha value is -3.70. The largest absolute Gasteiger partial charge is 0.497 e. The van der Waals surface area contributed by atoms with E-state index in [-0.39, 0.29) is 37.0 Å². The van der Waals surface area contributed by atoms with Crippen LogP contribution < -0.4 is 9.47 Å². The van der Waals surface area contributed by atoms with E-state index in [1.54, 1.807) is 14.2 Å². The lowest BCUT2D eigenvalue weighted by molar-refractivity contribution is -0.238. The van der Waals surface area contributed by atoms with E-state index in [1.807, 2.05) is 48.5 Å². The Labute approximate surface area is 283 Å². The van der Waals surface area contributed by atoms with Gasteiger partial charge in [-0.15, -0.1) is 0 Å². The highest BCUT2D eigenvalue weighted by Crippen LogP contribution is 2.49. The van der Waals surface area contributed by atoms with E-state index in [9.17, 15) is 0 Å². The lowest BCUT2D eigenvalue weighted by Gasteiger charge is -2.40. The molecule has 2 bridgehead atoms.